The molecule has 0 radical (unpaired) electrons. The zero-order valence-corrected chi connectivity index (χ0v) is 13.0. The van der Waals surface area contributed by atoms with E-state index in [1.165, 1.54) is 0 Å². The van der Waals surface area contributed by atoms with Gasteiger partial charge >= 0.3 is 0 Å². The molecule has 0 spiro atoms. The van der Waals surface area contributed by atoms with Crippen molar-refractivity contribution >= 4 is 11.7 Å². The van der Waals surface area contributed by atoms with Gasteiger partial charge in [0.05, 0.1) is 6.04 Å². The number of nitrogens with zero attached hydrogens (tertiary/aromatic N) is 5. The summed E-state index contributed by atoms with van der Waals surface area (Å²) in [7, 11) is 0. The van der Waals surface area contributed by atoms with E-state index >= 15 is 0 Å². The van der Waals surface area contributed by atoms with Crippen LogP contribution in [0.1, 0.15) is 50.4 Å². The van der Waals surface area contributed by atoms with Gasteiger partial charge in [0, 0.05) is 38.4 Å². The van der Waals surface area contributed by atoms with Gasteiger partial charge in [0.1, 0.15) is 5.82 Å². The lowest BCUT2D eigenvalue weighted by Crippen LogP contribution is -2.32. The number of aromatic nitrogens is 2. The summed E-state index contributed by atoms with van der Waals surface area (Å²) in [5, 5.41) is 8.15. The molecule has 3 heterocycles. The Morgan fingerprint density at radius 2 is 2.30 bits per heavy atom. The molecule has 7 heteroatoms. The summed E-state index contributed by atoms with van der Waals surface area (Å²) < 4.78 is 0. The normalized spacial score (nSPS) is 21.2. The molecule has 0 saturated carbocycles. The average molecular weight is 312 g/mol. The number of carbonyl (C=O) groups is 1. The number of hydrogen-bond donors (Lipinski definition) is 1. The average Bonchev–Trinajstić information content (AvgIpc) is 3.15. The van der Waals surface area contributed by atoms with E-state index in [-0.39, 0.29) is 11.9 Å². The second-order valence-electron chi connectivity index (χ2n) is 5.97. The lowest BCUT2D eigenvalue weighted by Gasteiger charge is -2.24. The third kappa shape index (κ3) is 3.47. The Kier molecular flexibility index (Phi) is 4.24. The lowest BCUT2D eigenvalue weighted by molar-refractivity contribution is -0.132. The van der Waals surface area contributed by atoms with Gasteiger partial charge < -0.3 is 10.6 Å². The molecular formula is C16H20N6O. The van der Waals surface area contributed by atoms with Crippen molar-refractivity contribution in [3.05, 3.63) is 18.1 Å². The second kappa shape index (κ2) is 6.32. The van der Waals surface area contributed by atoms with Crippen LogP contribution in [0.3, 0.4) is 0 Å². The molecule has 1 saturated heterocycles. The fourth-order valence-electron chi connectivity index (χ4n) is 3.00. The van der Waals surface area contributed by atoms with Crippen LogP contribution in [0.2, 0.25) is 0 Å². The Hall–Kier alpha value is -2.49. The first-order valence-electron chi connectivity index (χ1n) is 7.89. The number of nitrogens with two attached hydrogens (primary N) is 1. The van der Waals surface area contributed by atoms with E-state index in [4.69, 9.17) is 12.2 Å². The molecule has 1 aromatic rings. The molecular weight excluding hydrogens is 292 g/mol. The van der Waals surface area contributed by atoms with Gasteiger partial charge in [-0.15, -0.1) is 12.3 Å². The van der Waals surface area contributed by atoms with Crippen LogP contribution in [-0.2, 0) is 4.79 Å². The maximum atomic E-state index is 12.6. The first-order valence-corrected chi connectivity index (χ1v) is 7.89. The minimum absolute atomic E-state index is 0.0826. The first-order chi connectivity index (χ1) is 11.1. The zero-order valence-electron chi connectivity index (χ0n) is 13.0. The Morgan fingerprint density at radius 3 is 3.00 bits per heavy atom. The van der Waals surface area contributed by atoms with Gasteiger partial charge in [-0.3, -0.25) is 4.79 Å². The van der Waals surface area contributed by atoms with E-state index in [1.54, 1.807) is 12.3 Å². The van der Waals surface area contributed by atoms with E-state index in [0.29, 0.717) is 30.9 Å². The highest BCUT2D eigenvalue weighted by Crippen LogP contribution is 2.38. The van der Waals surface area contributed by atoms with Crippen molar-refractivity contribution in [2.45, 2.75) is 50.2 Å². The molecule has 2 aliphatic rings. The van der Waals surface area contributed by atoms with Crippen LogP contribution in [0.5, 0.6) is 0 Å². The number of anilines is 1. The van der Waals surface area contributed by atoms with E-state index < -0.39 is 5.66 Å². The fourth-order valence-corrected chi connectivity index (χ4v) is 3.00. The number of likely N-dealkylation sites (tertiary alicyclic amines) is 1. The van der Waals surface area contributed by atoms with Crippen molar-refractivity contribution in [3.8, 4) is 12.3 Å². The number of carbonyl (C=O) groups excluding carboxylic acids is 1. The monoisotopic (exact) mass is 312 g/mol. The van der Waals surface area contributed by atoms with Gasteiger partial charge in [0.2, 0.25) is 5.91 Å². The van der Waals surface area contributed by atoms with Gasteiger partial charge in [0.25, 0.3) is 0 Å². The third-order valence-corrected chi connectivity index (χ3v) is 4.36. The van der Waals surface area contributed by atoms with Crippen LogP contribution in [0.15, 0.2) is 22.5 Å². The van der Waals surface area contributed by atoms with E-state index in [9.17, 15) is 4.79 Å². The lowest BCUT2D eigenvalue weighted by atomic mass is 10.0. The Balaban J connectivity index is 1.59. The zero-order chi connectivity index (χ0) is 16.3. The molecule has 0 aromatic carbocycles. The summed E-state index contributed by atoms with van der Waals surface area (Å²) in [5.74, 6) is 3.74. The Labute approximate surface area is 135 Å². The van der Waals surface area contributed by atoms with E-state index in [2.05, 4.69) is 26.1 Å². The summed E-state index contributed by atoms with van der Waals surface area (Å²) in [6.07, 6.45) is 11.1. The fraction of sp³-hybridized carbons (Fsp3) is 0.562. The van der Waals surface area contributed by atoms with Crippen LogP contribution < -0.4 is 5.73 Å². The maximum Gasteiger partial charge on any atom is 0.223 e. The molecule has 1 aromatic heterocycles. The smallest absolute Gasteiger partial charge is 0.223 e. The van der Waals surface area contributed by atoms with Gasteiger partial charge in [0.15, 0.2) is 11.5 Å². The Bertz CT molecular complexity index is 659. The summed E-state index contributed by atoms with van der Waals surface area (Å²) in [6.45, 7) is 0.729. The molecule has 3 rings (SSSR count). The number of terminal acetylenes is 1. The molecule has 1 unspecified atom stereocenters. The van der Waals surface area contributed by atoms with Gasteiger partial charge in [-0.1, -0.05) is 0 Å². The van der Waals surface area contributed by atoms with Crippen molar-refractivity contribution in [3.63, 3.8) is 0 Å². The summed E-state index contributed by atoms with van der Waals surface area (Å²) >= 11 is 0. The highest BCUT2D eigenvalue weighted by Gasteiger charge is 2.40. The topological polar surface area (TPSA) is 96.8 Å². The molecule has 1 amide bonds. The van der Waals surface area contributed by atoms with Gasteiger partial charge in [-0.05, 0) is 18.9 Å². The minimum Gasteiger partial charge on any atom is -0.384 e. The van der Waals surface area contributed by atoms with Crippen LogP contribution in [-0.4, -0.2) is 33.0 Å². The second-order valence-corrected chi connectivity index (χ2v) is 5.97. The Morgan fingerprint density at radius 1 is 1.48 bits per heavy atom. The highest BCUT2D eigenvalue weighted by atomic mass is 16.2. The maximum absolute atomic E-state index is 12.6. The van der Waals surface area contributed by atoms with Crippen LogP contribution in [0, 0.1) is 12.3 Å². The SMILES string of the molecule is C#CCCC1(CCC(=O)N2CCCC2c2nccc(N)n2)N=N1. The number of amides is 1. The van der Waals surface area contributed by atoms with Gasteiger partial charge in [-0.25, -0.2) is 9.97 Å². The molecule has 1 atom stereocenters. The quantitative estimate of drug-likeness (QED) is 0.813. The third-order valence-electron chi connectivity index (χ3n) is 4.36. The van der Waals surface area contributed by atoms with Crippen LogP contribution in [0.4, 0.5) is 5.82 Å². The molecule has 23 heavy (non-hydrogen) atoms. The predicted molar refractivity (Wildman–Crippen MR) is 85.0 cm³/mol. The molecule has 0 bridgehead atoms. The summed E-state index contributed by atoms with van der Waals surface area (Å²) in [4.78, 5) is 23.0. The van der Waals surface area contributed by atoms with Crippen LogP contribution in [0.25, 0.3) is 0 Å². The predicted octanol–water partition coefficient (Wildman–Crippen LogP) is 2.08. The summed E-state index contributed by atoms with van der Waals surface area (Å²) in [6, 6.07) is 1.57. The first kappa shape index (κ1) is 15.4. The molecule has 7 nitrogen and oxygen atoms in total. The molecule has 2 N–H and O–H groups in total. The highest BCUT2D eigenvalue weighted by molar-refractivity contribution is 5.77. The number of nitrogen functional groups attached to an aromatic ring is 1. The van der Waals surface area contributed by atoms with Gasteiger partial charge in [-0.2, -0.15) is 10.2 Å². The number of rotatable bonds is 6. The van der Waals surface area contributed by atoms with Crippen molar-refractivity contribution in [1.29, 1.82) is 0 Å². The molecule has 2 aliphatic heterocycles. The summed E-state index contributed by atoms with van der Waals surface area (Å²) in [5.41, 5.74) is 5.31. The van der Waals surface area contributed by atoms with Crippen molar-refractivity contribution < 1.29 is 4.79 Å². The molecule has 120 valence electrons. The standard InChI is InChI=1S/C16H20N6O/c1-2-3-8-16(20-21-16)9-6-14(23)22-11-4-5-12(22)15-18-10-7-13(17)19-15/h1,7,10,12H,3-6,8-9,11H2,(H2,17,18,19). The number of hydrogen-bond acceptors (Lipinski definition) is 6. The molecule has 1 fully saturated rings. The minimum atomic E-state index is -0.412. The van der Waals surface area contributed by atoms with E-state index in [0.717, 1.165) is 25.8 Å². The van der Waals surface area contributed by atoms with Crippen molar-refractivity contribution in [2.75, 3.05) is 12.3 Å². The van der Waals surface area contributed by atoms with E-state index in [1.807, 2.05) is 4.90 Å². The largest absolute Gasteiger partial charge is 0.384 e. The van der Waals surface area contributed by atoms with Crippen molar-refractivity contribution in [2.24, 2.45) is 10.2 Å². The molecule has 0 aliphatic carbocycles. The van der Waals surface area contributed by atoms with Crippen molar-refractivity contribution in [1.82, 2.24) is 14.9 Å². The van der Waals surface area contributed by atoms with Crippen LogP contribution >= 0.6 is 0 Å².